The van der Waals surface area contributed by atoms with Gasteiger partial charge in [-0.15, -0.1) is 0 Å². The number of H-pyrrole nitrogens is 1. The van der Waals surface area contributed by atoms with E-state index in [0.717, 1.165) is 16.6 Å². The molecular weight excluding hydrogens is 274 g/mol. The molecule has 100 valence electrons. The van der Waals surface area contributed by atoms with Gasteiger partial charge in [0.2, 0.25) is 0 Å². The summed E-state index contributed by atoms with van der Waals surface area (Å²) in [5.74, 6) is 0. The molecule has 20 heavy (non-hydrogen) atoms. The third-order valence-electron chi connectivity index (χ3n) is 2.92. The molecule has 0 aliphatic carbocycles. The summed E-state index contributed by atoms with van der Waals surface area (Å²) < 4.78 is 0. The Morgan fingerprint density at radius 1 is 1.05 bits per heavy atom. The number of carbonyl (C=O) groups is 1. The number of para-hydroxylation sites is 1. The molecule has 0 radical (unpaired) electrons. The highest BCUT2D eigenvalue weighted by atomic mass is 35.5. The van der Waals surface area contributed by atoms with Gasteiger partial charge in [0.25, 0.3) is 0 Å². The maximum Gasteiger partial charge on any atom is 0.323 e. The van der Waals surface area contributed by atoms with E-state index in [9.17, 15) is 4.79 Å². The number of urea groups is 1. The Bertz CT molecular complexity index is 766. The van der Waals surface area contributed by atoms with Crippen molar-refractivity contribution >= 4 is 39.9 Å². The lowest BCUT2D eigenvalue weighted by atomic mass is 10.2. The van der Waals surface area contributed by atoms with Crippen molar-refractivity contribution in [3.8, 4) is 0 Å². The number of halogens is 1. The summed E-state index contributed by atoms with van der Waals surface area (Å²) in [6.07, 6.45) is 1.84. The highest BCUT2D eigenvalue weighted by molar-refractivity contribution is 6.30. The van der Waals surface area contributed by atoms with Crippen LogP contribution in [0.15, 0.2) is 54.7 Å². The molecule has 4 nitrogen and oxygen atoms in total. The zero-order valence-electron chi connectivity index (χ0n) is 10.5. The quantitative estimate of drug-likeness (QED) is 0.639. The first-order chi connectivity index (χ1) is 9.72. The zero-order valence-corrected chi connectivity index (χ0v) is 11.2. The number of rotatable bonds is 2. The second-order valence-electron chi connectivity index (χ2n) is 4.34. The van der Waals surface area contributed by atoms with Gasteiger partial charge in [-0.1, -0.05) is 29.8 Å². The summed E-state index contributed by atoms with van der Waals surface area (Å²) >= 11 is 5.88. The van der Waals surface area contributed by atoms with Crippen LogP contribution in [0.25, 0.3) is 10.9 Å². The minimum absolute atomic E-state index is 0.311. The maximum atomic E-state index is 12.0. The molecule has 0 spiro atoms. The molecule has 0 fully saturated rings. The van der Waals surface area contributed by atoms with Crippen molar-refractivity contribution in [1.82, 2.24) is 4.98 Å². The van der Waals surface area contributed by atoms with E-state index < -0.39 is 0 Å². The van der Waals surface area contributed by atoms with Crippen molar-refractivity contribution in [2.24, 2.45) is 0 Å². The average molecular weight is 286 g/mol. The molecule has 0 bridgehead atoms. The Labute approximate surface area is 120 Å². The van der Waals surface area contributed by atoms with Crippen LogP contribution in [0.1, 0.15) is 0 Å². The molecular formula is C15H12ClN3O. The Hall–Kier alpha value is -2.46. The number of nitrogens with one attached hydrogen (secondary N) is 3. The smallest absolute Gasteiger partial charge is 0.323 e. The highest BCUT2D eigenvalue weighted by Crippen LogP contribution is 2.22. The summed E-state index contributed by atoms with van der Waals surface area (Å²) in [6, 6.07) is 14.4. The lowest BCUT2D eigenvalue weighted by Gasteiger charge is -2.08. The van der Waals surface area contributed by atoms with E-state index in [-0.39, 0.29) is 6.03 Å². The lowest BCUT2D eigenvalue weighted by Crippen LogP contribution is -2.19. The molecule has 0 aliphatic heterocycles. The first-order valence-corrected chi connectivity index (χ1v) is 6.50. The van der Waals surface area contributed by atoms with Crippen LogP contribution in [0.2, 0.25) is 5.02 Å². The normalized spacial score (nSPS) is 10.4. The van der Waals surface area contributed by atoms with Gasteiger partial charge in [-0.05, 0) is 30.3 Å². The number of hydrogen-bond donors (Lipinski definition) is 3. The SMILES string of the molecule is O=C(Nc1cccc(Cl)c1)Nc1cccc2cc[nH]c12. The molecule has 0 atom stereocenters. The first-order valence-electron chi connectivity index (χ1n) is 6.12. The summed E-state index contributed by atoms with van der Waals surface area (Å²) in [6.45, 7) is 0. The maximum absolute atomic E-state index is 12.0. The van der Waals surface area contributed by atoms with E-state index in [2.05, 4.69) is 15.6 Å². The molecule has 2 amide bonds. The summed E-state index contributed by atoms with van der Waals surface area (Å²) in [5.41, 5.74) is 2.27. The predicted molar refractivity (Wildman–Crippen MR) is 82.4 cm³/mol. The number of fused-ring (bicyclic) bond motifs is 1. The van der Waals surface area contributed by atoms with Gasteiger partial charge in [-0.3, -0.25) is 0 Å². The van der Waals surface area contributed by atoms with Gasteiger partial charge in [0.1, 0.15) is 0 Å². The third-order valence-corrected chi connectivity index (χ3v) is 3.15. The van der Waals surface area contributed by atoms with E-state index in [0.29, 0.717) is 10.7 Å². The minimum atomic E-state index is -0.311. The second kappa shape index (κ2) is 5.27. The monoisotopic (exact) mass is 285 g/mol. The Morgan fingerprint density at radius 2 is 1.90 bits per heavy atom. The molecule has 0 saturated carbocycles. The first kappa shape index (κ1) is 12.6. The van der Waals surface area contributed by atoms with Crippen LogP contribution in [0.5, 0.6) is 0 Å². The summed E-state index contributed by atoms with van der Waals surface area (Å²) in [4.78, 5) is 15.1. The Morgan fingerprint density at radius 3 is 2.75 bits per heavy atom. The van der Waals surface area contributed by atoms with Crippen LogP contribution in [0.4, 0.5) is 16.2 Å². The fourth-order valence-electron chi connectivity index (χ4n) is 2.04. The van der Waals surface area contributed by atoms with E-state index in [4.69, 9.17) is 11.6 Å². The molecule has 0 saturated heterocycles. The molecule has 2 aromatic carbocycles. The largest absolute Gasteiger partial charge is 0.359 e. The minimum Gasteiger partial charge on any atom is -0.359 e. The van der Waals surface area contributed by atoms with Crippen LogP contribution in [0, 0.1) is 0 Å². The number of hydrogen-bond acceptors (Lipinski definition) is 1. The molecule has 1 aromatic heterocycles. The van der Waals surface area contributed by atoms with Crippen LogP contribution >= 0.6 is 11.6 Å². The van der Waals surface area contributed by atoms with E-state index in [1.807, 2.05) is 30.5 Å². The predicted octanol–water partition coefficient (Wildman–Crippen LogP) is 4.47. The van der Waals surface area contributed by atoms with Crippen molar-refractivity contribution in [3.63, 3.8) is 0 Å². The van der Waals surface area contributed by atoms with Gasteiger partial charge < -0.3 is 15.6 Å². The Kier molecular flexibility index (Phi) is 3.31. The fourth-order valence-corrected chi connectivity index (χ4v) is 2.23. The van der Waals surface area contributed by atoms with Crippen molar-refractivity contribution in [1.29, 1.82) is 0 Å². The fraction of sp³-hybridized carbons (Fsp3) is 0. The van der Waals surface area contributed by atoms with Gasteiger partial charge in [0, 0.05) is 22.3 Å². The molecule has 5 heteroatoms. The number of aromatic amines is 1. The summed E-state index contributed by atoms with van der Waals surface area (Å²) in [5, 5.41) is 7.18. The highest BCUT2D eigenvalue weighted by Gasteiger charge is 2.06. The molecule has 0 unspecified atom stereocenters. The van der Waals surface area contributed by atoms with E-state index >= 15 is 0 Å². The van der Waals surface area contributed by atoms with Gasteiger partial charge in [-0.2, -0.15) is 0 Å². The van der Waals surface area contributed by atoms with Crippen LogP contribution in [-0.2, 0) is 0 Å². The van der Waals surface area contributed by atoms with Gasteiger partial charge in [-0.25, -0.2) is 4.79 Å². The molecule has 0 aliphatic rings. The standard InChI is InChI=1S/C15H12ClN3O/c16-11-4-2-5-12(9-11)18-15(20)19-13-6-1-3-10-7-8-17-14(10)13/h1-9,17H,(H2,18,19,20). The summed E-state index contributed by atoms with van der Waals surface area (Å²) in [7, 11) is 0. The lowest BCUT2D eigenvalue weighted by molar-refractivity contribution is 0.262. The van der Waals surface area contributed by atoms with Gasteiger partial charge in [0.05, 0.1) is 11.2 Å². The number of aromatic nitrogens is 1. The molecule has 3 aromatic rings. The van der Waals surface area contributed by atoms with Crippen molar-refractivity contribution in [3.05, 3.63) is 59.8 Å². The zero-order chi connectivity index (χ0) is 13.9. The van der Waals surface area contributed by atoms with Crippen molar-refractivity contribution in [2.45, 2.75) is 0 Å². The molecule has 1 heterocycles. The molecule has 3 N–H and O–H groups in total. The van der Waals surface area contributed by atoms with Crippen LogP contribution < -0.4 is 10.6 Å². The van der Waals surface area contributed by atoms with Crippen molar-refractivity contribution in [2.75, 3.05) is 10.6 Å². The number of anilines is 2. The Balaban J connectivity index is 1.77. The second-order valence-corrected chi connectivity index (χ2v) is 4.77. The average Bonchev–Trinajstić information content (AvgIpc) is 2.88. The third kappa shape index (κ3) is 2.60. The van der Waals surface area contributed by atoms with Crippen LogP contribution in [0.3, 0.4) is 0 Å². The van der Waals surface area contributed by atoms with Crippen molar-refractivity contribution < 1.29 is 4.79 Å². The topological polar surface area (TPSA) is 56.9 Å². The van der Waals surface area contributed by atoms with Gasteiger partial charge >= 0.3 is 6.03 Å². The molecule has 3 rings (SSSR count). The number of benzene rings is 2. The van der Waals surface area contributed by atoms with E-state index in [1.54, 1.807) is 24.3 Å². The van der Waals surface area contributed by atoms with Crippen LogP contribution in [-0.4, -0.2) is 11.0 Å². The number of carbonyl (C=O) groups excluding carboxylic acids is 1. The van der Waals surface area contributed by atoms with E-state index in [1.165, 1.54) is 0 Å². The van der Waals surface area contributed by atoms with Gasteiger partial charge in [0.15, 0.2) is 0 Å². The number of amides is 2.